The van der Waals surface area contributed by atoms with Crippen LogP contribution >= 0.6 is 0 Å². The molecule has 0 radical (unpaired) electrons. The molecule has 0 aliphatic heterocycles. The largest absolute Gasteiger partial charge is 0.493 e. The lowest BCUT2D eigenvalue weighted by molar-refractivity contribution is -0.111. The number of rotatable bonds is 6. The molecule has 142 valence electrons. The smallest absolute Gasteiger partial charge is 0.340 e. The topological polar surface area (TPSA) is 73.9 Å². The molecular formula is C19H17F2NO5. The van der Waals surface area contributed by atoms with Gasteiger partial charge in [0, 0.05) is 23.8 Å². The molecule has 0 atom stereocenters. The van der Waals surface area contributed by atoms with Gasteiger partial charge in [-0.25, -0.2) is 13.6 Å². The first-order valence-corrected chi connectivity index (χ1v) is 7.68. The molecule has 2 aromatic carbocycles. The predicted molar refractivity (Wildman–Crippen MR) is 94.9 cm³/mol. The van der Waals surface area contributed by atoms with Crippen molar-refractivity contribution in [1.82, 2.24) is 0 Å². The second kappa shape index (κ2) is 8.79. The molecule has 0 bridgehead atoms. The van der Waals surface area contributed by atoms with Crippen LogP contribution in [0.4, 0.5) is 14.5 Å². The molecule has 27 heavy (non-hydrogen) atoms. The molecular weight excluding hydrogens is 360 g/mol. The van der Waals surface area contributed by atoms with Gasteiger partial charge in [-0.1, -0.05) is 6.07 Å². The molecule has 0 heterocycles. The Labute approximate surface area is 154 Å². The molecule has 0 saturated carbocycles. The Bertz CT molecular complexity index is 876. The summed E-state index contributed by atoms with van der Waals surface area (Å²) in [4.78, 5) is 24.1. The highest BCUT2D eigenvalue weighted by Gasteiger charge is 2.18. The van der Waals surface area contributed by atoms with E-state index in [1.54, 1.807) is 0 Å². The molecule has 6 nitrogen and oxygen atoms in total. The van der Waals surface area contributed by atoms with Gasteiger partial charge in [-0.2, -0.15) is 0 Å². The highest BCUT2D eigenvalue weighted by molar-refractivity contribution is 6.07. The fourth-order valence-corrected chi connectivity index (χ4v) is 2.26. The Morgan fingerprint density at radius 1 is 1.00 bits per heavy atom. The summed E-state index contributed by atoms with van der Waals surface area (Å²) in [5.74, 6) is -2.50. The number of anilines is 1. The van der Waals surface area contributed by atoms with E-state index in [9.17, 15) is 18.4 Å². The summed E-state index contributed by atoms with van der Waals surface area (Å²) in [5.41, 5.74) is -0.245. The number of nitrogens with one attached hydrogen (secondary N) is 1. The molecule has 0 fully saturated rings. The number of esters is 1. The van der Waals surface area contributed by atoms with Crippen LogP contribution in [0.5, 0.6) is 11.5 Å². The molecule has 1 N–H and O–H groups in total. The molecule has 2 aromatic rings. The van der Waals surface area contributed by atoms with Crippen LogP contribution in [0.2, 0.25) is 0 Å². The molecule has 0 aliphatic carbocycles. The van der Waals surface area contributed by atoms with E-state index in [4.69, 9.17) is 9.47 Å². The van der Waals surface area contributed by atoms with Crippen molar-refractivity contribution in [2.45, 2.75) is 0 Å². The molecule has 0 saturated heterocycles. The number of methoxy groups -OCH3 is 3. The first-order chi connectivity index (χ1) is 12.9. The summed E-state index contributed by atoms with van der Waals surface area (Å²) < 4.78 is 42.2. The van der Waals surface area contributed by atoms with Gasteiger partial charge in [0.05, 0.1) is 32.6 Å². The second-order valence-electron chi connectivity index (χ2n) is 5.20. The summed E-state index contributed by atoms with van der Waals surface area (Å²) in [6.07, 6.45) is 1.94. The maximum Gasteiger partial charge on any atom is 0.340 e. The van der Waals surface area contributed by atoms with Crippen LogP contribution in [0.15, 0.2) is 36.4 Å². The number of halogens is 2. The highest BCUT2D eigenvalue weighted by Crippen LogP contribution is 2.33. The van der Waals surface area contributed by atoms with Gasteiger partial charge >= 0.3 is 5.97 Å². The minimum atomic E-state index is -0.805. The van der Waals surface area contributed by atoms with Crippen molar-refractivity contribution in [3.63, 3.8) is 0 Å². The minimum Gasteiger partial charge on any atom is -0.493 e. The average molecular weight is 377 g/mol. The standard InChI is InChI=1S/C19H17F2NO5/c1-25-16-9-12(19(24)27-3)15(10-17(16)26-2)22-18(23)8-7-11-13(20)5-4-6-14(11)21/h4-10H,1-3H3,(H,22,23)/b8-7-. The highest BCUT2D eigenvalue weighted by atomic mass is 19.1. The van der Waals surface area contributed by atoms with Crippen LogP contribution in [-0.4, -0.2) is 33.2 Å². The van der Waals surface area contributed by atoms with E-state index in [1.165, 1.54) is 39.5 Å². The second-order valence-corrected chi connectivity index (χ2v) is 5.20. The third-order valence-corrected chi connectivity index (χ3v) is 3.59. The van der Waals surface area contributed by atoms with E-state index in [1.807, 2.05) is 0 Å². The van der Waals surface area contributed by atoms with Crippen molar-refractivity contribution in [3.05, 3.63) is 59.2 Å². The van der Waals surface area contributed by atoms with Gasteiger partial charge in [0.15, 0.2) is 11.5 Å². The molecule has 0 unspecified atom stereocenters. The van der Waals surface area contributed by atoms with E-state index in [0.29, 0.717) is 0 Å². The van der Waals surface area contributed by atoms with Gasteiger partial charge in [-0.15, -0.1) is 0 Å². The summed E-state index contributed by atoms with van der Waals surface area (Å²) in [6, 6.07) is 6.09. The third kappa shape index (κ3) is 4.60. The number of amides is 1. The van der Waals surface area contributed by atoms with Crippen molar-refractivity contribution in [2.75, 3.05) is 26.6 Å². The lowest BCUT2D eigenvalue weighted by Gasteiger charge is -2.14. The van der Waals surface area contributed by atoms with Crippen molar-refractivity contribution >= 4 is 23.6 Å². The van der Waals surface area contributed by atoms with Crippen molar-refractivity contribution in [3.8, 4) is 11.5 Å². The summed E-state index contributed by atoms with van der Waals surface area (Å²) >= 11 is 0. The van der Waals surface area contributed by atoms with Gasteiger partial charge < -0.3 is 19.5 Å². The SMILES string of the molecule is COC(=O)c1cc(OC)c(OC)cc1NC(=O)/C=C\c1c(F)cccc1F. The van der Waals surface area contributed by atoms with E-state index in [2.05, 4.69) is 10.1 Å². The minimum absolute atomic E-state index is 0.0222. The van der Waals surface area contributed by atoms with Crippen LogP contribution in [0, 0.1) is 11.6 Å². The Kier molecular flexibility index (Phi) is 6.48. The number of carbonyl (C=O) groups is 2. The van der Waals surface area contributed by atoms with Crippen LogP contribution in [0.3, 0.4) is 0 Å². The van der Waals surface area contributed by atoms with Crippen molar-refractivity contribution in [2.24, 2.45) is 0 Å². The van der Waals surface area contributed by atoms with Crippen LogP contribution in [0.25, 0.3) is 6.08 Å². The third-order valence-electron chi connectivity index (χ3n) is 3.59. The molecule has 1 amide bonds. The van der Waals surface area contributed by atoms with Gasteiger partial charge in [-0.05, 0) is 18.2 Å². The number of hydrogen-bond acceptors (Lipinski definition) is 5. The summed E-state index contributed by atoms with van der Waals surface area (Å²) in [7, 11) is 3.97. The Balaban J connectivity index is 2.33. The van der Waals surface area contributed by atoms with Crippen molar-refractivity contribution < 1.29 is 32.6 Å². The molecule has 0 aromatic heterocycles. The quantitative estimate of drug-likeness (QED) is 0.617. The van der Waals surface area contributed by atoms with Crippen LogP contribution in [-0.2, 0) is 9.53 Å². The fourth-order valence-electron chi connectivity index (χ4n) is 2.26. The number of carbonyl (C=O) groups excluding carboxylic acids is 2. The van der Waals surface area contributed by atoms with Gasteiger partial charge in [0.1, 0.15) is 11.6 Å². The van der Waals surface area contributed by atoms with Crippen LogP contribution in [0.1, 0.15) is 15.9 Å². The Morgan fingerprint density at radius 2 is 1.59 bits per heavy atom. The summed E-state index contributed by atoms with van der Waals surface area (Å²) in [6.45, 7) is 0. The van der Waals surface area contributed by atoms with E-state index >= 15 is 0 Å². The fraction of sp³-hybridized carbons (Fsp3) is 0.158. The Morgan fingerprint density at radius 3 is 2.15 bits per heavy atom. The number of hydrogen-bond donors (Lipinski definition) is 1. The average Bonchev–Trinajstić information content (AvgIpc) is 2.66. The molecule has 2 rings (SSSR count). The lowest BCUT2D eigenvalue weighted by atomic mass is 10.1. The zero-order valence-corrected chi connectivity index (χ0v) is 14.8. The van der Waals surface area contributed by atoms with E-state index < -0.39 is 23.5 Å². The first kappa shape index (κ1) is 19.9. The van der Waals surface area contributed by atoms with Crippen molar-refractivity contribution in [1.29, 1.82) is 0 Å². The molecule has 8 heteroatoms. The Hall–Kier alpha value is -3.42. The monoisotopic (exact) mass is 377 g/mol. The normalized spacial score (nSPS) is 10.6. The molecule has 0 spiro atoms. The maximum absolute atomic E-state index is 13.6. The van der Waals surface area contributed by atoms with Gasteiger partial charge in [0.25, 0.3) is 0 Å². The first-order valence-electron chi connectivity index (χ1n) is 7.68. The maximum atomic E-state index is 13.6. The van der Waals surface area contributed by atoms with Crippen LogP contribution < -0.4 is 14.8 Å². The van der Waals surface area contributed by atoms with Gasteiger partial charge in [0.2, 0.25) is 5.91 Å². The zero-order chi connectivity index (χ0) is 20.0. The number of benzene rings is 2. The van der Waals surface area contributed by atoms with E-state index in [0.717, 1.165) is 24.3 Å². The lowest BCUT2D eigenvalue weighted by Crippen LogP contribution is -2.13. The summed E-state index contributed by atoms with van der Waals surface area (Å²) in [5, 5.41) is 2.45. The van der Waals surface area contributed by atoms with E-state index in [-0.39, 0.29) is 28.3 Å². The van der Waals surface area contributed by atoms with Gasteiger partial charge in [-0.3, -0.25) is 4.79 Å². The molecule has 0 aliphatic rings. The predicted octanol–water partition coefficient (Wildman–Crippen LogP) is 3.42. The number of ether oxygens (including phenoxy) is 3. The zero-order valence-electron chi connectivity index (χ0n) is 14.8.